The van der Waals surface area contributed by atoms with E-state index in [0.29, 0.717) is 26.0 Å². The molecule has 1 aliphatic rings. The van der Waals surface area contributed by atoms with E-state index in [2.05, 4.69) is 4.98 Å². The molecular formula is C24H31N3O3. The first kappa shape index (κ1) is 22.0. The van der Waals surface area contributed by atoms with E-state index in [9.17, 15) is 9.59 Å². The number of carbonyl (C=O) groups is 2. The number of pyridine rings is 1. The molecule has 0 saturated carbocycles. The van der Waals surface area contributed by atoms with Gasteiger partial charge in [0.25, 0.3) is 5.91 Å². The number of carbonyl (C=O) groups excluding carboxylic acids is 2. The molecule has 1 fully saturated rings. The first-order valence-corrected chi connectivity index (χ1v) is 10.4. The SMILES string of the molecule is CC(C)CC(=O)N1CCO[C@](Cc2ccc(-c3cccnc3)cc2)(C(=O)N(C)C)C1. The lowest BCUT2D eigenvalue weighted by molar-refractivity contribution is -0.172. The van der Waals surface area contributed by atoms with Crippen molar-refractivity contribution >= 4 is 11.8 Å². The van der Waals surface area contributed by atoms with Crippen molar-refractivity contribution in [3.05, 3.63) is 54.4 Å². The maximum Gasteiger partial charge on any atom is 0.256 e. The summed E-state index contributed by atoms with van der Waals surface area (Å²) in [6.07, 6.45) is 4.48. The van der Waals surface area contributed by atoms with E-state index in [-0.39, 0.29) is 24.3 Å². The monoisotopic (exact) mass is 409 g/mol. The molecule has 1 aliphatic heterocycles. The predicted octanol–water partition coefficient (Wildman–Crippen LogP) is 3.02. The number of hydrogen-bond acceptors (Lipinski definition) is 4. The van der Waals surface area contributed by atoms with E-state index in [1.165, 1.54) is 0 Å². The van der Waals surface area contributed by atoms with Crippen molar-refractivity contribution in [1.82, 2.24) is 14.8 Å². The number of amides is 2. The Balaban J connectivity index is 1.83. The summed E-state index contributed by atoms with van der Waals surface area (Å²) in [5.41, 5.74) is 2.04. The average Bonchev–Trinajstić information content (AvgIpc) is 2.74. The third kappa shape index (κ3) is 5.05. The molecule has 30 heavy (non-hydrogen) atoms. The summed E-state index contributed by atoms with van der Waals surface area (Å²) in [4.78, 5) is 33.4. The van der Waals surface area contributed by atoms with E-state index in [0.717, 1.165) is 16.7 Å². The first-order valence-electron chi connectivity index (χ1n) is 10.4. The second-order valence-electron chi connectivity index (χ2n) is 8.57. The minimum atomic E-state index is -1.07. The second-order valence-corrected chi connectivity index (χ2v) is 8.57. The van der Waals surface area contributed by atoms with Crippen molar-refractivity contribution in [1.29, 1.82) is 0 Å². The van der Waals surface area contributed by atoms with Crippen LogP contribution in [0.2, 0.25) is 0 Å². The topological polar surface area (TPSA) is 62.7 Å². The molecule has 0 unspecified atom stereocenters. The van der Waals surface area contributed by atoms with Crippen LogP contribution in [0.3, 0.4) is 0 Å². The average molecular weight is 410 g/mol. The molecule has 1 atom stereocenters. The highest BCUT2D eigenvalue weighted by molar-refractivity contribution is 5.87. The van der Waals surface area contributed by atoms with Crippen molar-refractivity contribution in [3.8, 4) is 11.1 Å². The Hall–Kier alpha value is -2.73. The van der Waals surface area contributed by atoms with Gasteiger partial charge in [-0.25, -0.2) is 0 Å². The van der Waals surface area contributed by atoms with E-state index >= 15 is 0 Å². The molecule has 1 aromatic heterocycles. The molecule has 2 aromatic rings. The Labute approximate surface area is 178 Å². The molecule has 0 N–H and O–H groups in total. The van der Waals surface area contributed by atoms with Crippen LogP contribution < -0.4 is 0 Å². The van der Waals surface area contributed by atoms with Crippen molar-refractivity contribution in [2.24, 2.45) is 5.92 Å². The molecule has 3 rings (SSSR count). The molecule has 0 radical (unpaired) electrons. The van der Waals surface area contributed by atoms with Gasteiger partial charge in [-0.05, 0) is 28.7 Å². The summed E-state index contributed by atoms with van der Waals surface area (Å²) in [7, 11) is 3.46. The fourth-order valence-electron chi connectivity index (χ4n) is 3.87. The Bertz CT molecular complexity index is 865. The molecule has 6 nitrogen and oxygen atoms in total. The van der Waals surface area contributed by atoms with Crippen LogP contribution in [0.25, 0.3) is 11.1 Å². The minimum Gasteiger partial charge on any atom is -0.361 e. The number of aromatic nitrogens is 1. The van der Waals surface area contributed by atoms with Crippen molar-refractivity contribution in [2.45, 2.75) is 32.3 Å². The molecule has 6 heteroatoms. The zero-order chi connectivity index (χ0) is 21.7. The van der Waals surface area contributed by atoms with Crippen LogP contribution in [0.4, 0.5) is 0 Å². The van der Waals surface area contributed by atoms with Gasteiger partial charge < -0.3 is 14.5 Å². The Morgan fingerprint density at radius 2 is 1.90 bits per heavy atom. The maximum absolute atomic E-state index is 13.2. The quantitative estimate of drug-likeness (QED) is 0.736. The summed E-state index contributed by atoms with van der Waals surface area (Å²) in [6, 6.07) is 12.0. The second kappa shape index (κ2) is 9.39. The zero-order valence-corrected chi connectivity index (χ0v) is 18.3. The molecule has 160 valence electrons. The van der Waals surface area contributed by atoms with E-state index in [4.69, 9.17) is 4.74 Å². The number of ether oxygens (including phenoxy) is 1. The fraction of sp³-hybridized carbons (Fsp3) is 0.458. The van der Waals surface area contributed by atoms with Crippen LogP contribution in [0.1, 0.15) is 25.8 Å². The zero-order valence-electron chi connectivity index (χ0n) is 18.3. The van der Waals surface area contributed by atoms with Crippen LogP contribution >= 0.6 is 0 Å². The van der Waals surface area contributed by atoms with Crippen LogP contribution in [0.15, 0.2) is 48.8 Å². The fourth-order valence-corrected chi connectivity index (χ4v) is 3.87. The van der Waals surface area contributed by atoms with Gasteiger partial charge in [0.1, 0.15) is 0 Å². The highest BCUT2D eigenvalue weighted by Gasteiger charge is 2.45. The normalized spacial score (nSPS) is 19.0. The predicted molar refractivity (Wildman–Crippen MR) is 117 cm³/mol. The van der Waals surface area contributed by atoms with Gasteiger partial charge in [0.2, 0.25) is 5.91 Å². The van der Waals surface area contributed by atoms with Gasteiger partial charge in [-0.1, -0.05) is 44.2 Å². The molecule has 0 aliphatic carbocycles. The van der Waals surface area contributed by atoms with Crippen LogP contribution in [0, 0.1) is 5.92 Å². The Morgan fingerprint density at radius 3 is 2.50 bits per heavy atom. The van der Waals surface area contributed by atoms with Gasteiger partial charge in [0, 0.05) is 45.9 Å². The first-order chi connectivity index (χ1) is 14.3. The lowest BCUT2D eigenvalue weighted by atomic mass is 9.89. The molecule has 1 aromatic carbocycles. The van der Waals surface area contributed by atoms with Crippen molar-refractivity contribution in [3.63, 3.8) is 0 Å². The third-order valence-electron chi connectivity index (χ3n) is 5.36. The maximum atomic E-state index is 13.2. The molecule has 2 heterocycles. The largest absolute Gasteiger partial charge is 0.361 e. The van der Waals surface area contributed by atoms with Gasteiger partial charge in [0.05, 0.1) is 13.2 Å². The highest BCUT2D eigenvalue weighted by atomic mass is 16.5. The molecule has 0 spiro atoms. The van der Waals surface area contributed by atoms with Crippen molar-refractivity contribution in [2.75, 3.05) is 33.8 Å². The number of likely N-dealkylation sites (N-methyl/N-ethyl adjacent to an activating group) is 1. The van der Waals surface area contributed by atoms with E-state index in [1.54, 1.807) is 30.1 Å². The molecule has 1 saturated heterocycles. The summed E-state index contributed by atoms with van der Waals surface area (Å²) >= 11 is 0. The number of benzene rings is 1. The van der Waals surface area contributed by atoms with Crippen LogP contribution in [0.5, 0.6) is 0 Å². The third-order valence-corrected chi connectivity index (χ3v) is 5.36. The van der Waals surface area contributed by atoms with Gasteiger partial charge in [0.15, 0.2) is 5.60 Å². The molecule has 2 amide bonds. The number of nitrogens with zero attached hydrogens (tertiary/aromatic N) is 3. The highest BCUT2D eigenvalue weighted by Crippen LogP contribution is 2.28. The summed E-state index contributed by atoms with van der Waals surface area (Å²) < 4.78 is 6.10. The van der Waals surface area contributed by atoms with E-state index < -0.39 is 5.60 Å². The minimum absolute atomic E-state index is 0.0798. The molecular weight excluding hydrogens is 378 g/mol. The number of rotatable bonds is 6. The standard InChI is InChI=1S/C24H31N3O3/c1-18(2)14-22(28)27-12-13-30-24(17-27,23(29)26(3)4)15-19-7-9-20(10-8-19)21-6-5-11-25-16-21/h5-11,16,18H,12-15,17H2,1-4H3/t24-/m0/s1. The van der Waals surface area contributed by atoms with Crippen molar-refractivity contribution < 1.29 is 14.3 Å². The summed E-state index contributed by atoms with van der Waals surface area (Å²) in [5, 5.41) is 0. The Morgan fingerprint density at radius 1 is 1.17 bits per heavy atom. The lowest BCUT2D eigenvalue weighted by Gasteiger charge is -2.43. The Kier molecular flexibility index (Phi) is 6.87. The smallest absolute Gasteiger partial charge is 0.256 e. The van der Waals surface area contributed by atoms with Gasteiger partial charge in [-0.2, -0.15) is 0 Å². The van der Waals surface area contributed by atoms with Gasteiger partial charge in [-0.15, -0.1) is 0 Å². The summed E-state index contributed by atoms with van der Waals surface area (Å²) in [5.74, 6) is 0.247. The van der Waals surface area contributed by atoms with Gasteiger partial charge >= 0.3 is 0 Å². The number of hydrogen-bond donors (Lipinski definition) is 0. The lowest BCUT2D eigenvalue weighted by Crippen LogP contribution is -2.61. The van der Waals surface area contributed by atoms with Crippen LogP contribution in [-0.2, 0) is 20.7 Å². The van der Waals surface area contributed by atoms with Crippen LogP contribution in [-0.4, -0.2) is 66.0 Å². The van der Waals surface area contributed by atoms with E-state index in [1.807, 2.05) is 56.4 Å². The molecule has 0 bridgehead atoms. The van der Waals surface area contributed by atoms with Gasteiger partial charge in [-0.3, -0.25) is 14.6 Å². The number of morpholine rings is 1. The summed E-state index contributed by atoms with van der Waals surface area (Å²) in [6.45, 7) is 5.21.